The van der Waals surface area contributed by atoms with E-state index in [-0.39, 0.29) is 24.7 Å². The van der Waals surface area contributed by atoms with Gasteiger partial charge in [-0.05, 0) is 30.9 Å². The molecule has 8 heteroatoms. The molecular weight excluding hydrogens is 402 g/mol. The SMILES string of the molecule is CCOC(=O)c1c(NC(=O)COc2ccccc2)nc(SC)n1Cc1ccccc1. The van der Waals surface area contributed by atoms with E-state index < -0.39 is 11.9 Å². The molecule has 2 aromatic carbocycles. The van der Waals surface area contributed by atoms with Gasteiger partial charge in [0.05, 0.1) is 13.2 Å². The number of aromatic nitrogens is 2. The van der Waals surface area contributed by atoms with Crippen LogP contribution in [-0.4, -0.2) is 40.9 Å². The van der Waals surface area contributed by atoms with E-state index in [2.05, 4.69) is 10.3 Å². The predicted octanol–water partition coefficient (Wildman–Crippen LogP) is 3.85. The predicted molar refractivity (Wildman–Crippen MR) is 116 cm³/mol. The fourth-order valence-corrected chi connectivity index (χ4v) is 3.39. The first-order valence-corrected chi connectivity index (χ1v) is 10.7. The van der Waals surface area contributed by atoms with Gasteiger partial charge in [-0.2, -0.15) is 0 Å². The molecule has 1 aromatic heterocycles. The topological polar surface area (TPSA) is 82.4 Å². The van der Waals surface area contributed by atoms with Crippen molar-refractivity contribution in [2.24, 2.45) is 0 Å². The molecule has 156 valence electrons. The summed E-state index contributed by atoms with van der Waals surface area (Å²) >= 11 is 1.38. The highest BCUT2D eigenvalue weighted by Gasteiger charge is 2.25. The van der Waals surface area contributed by atoms with E-state index in [4.69, 9.17) is 9.47 Å². The highest BCUT2D eigenvalue weighted by Crippen LogP contribution is 2.26. The van der Waals surface area contributed by atoms with Crippen molar-refractivity contribution >= 4 is 29.5 Å². The third kappa shape index (κ3) is 5.42. The van der Waals surface area contributed by atoms with Crippen LogP contribution in [0.25, 0.3) is 0 Å². The lowest BCUT2D eigenvalue weighted by molar-refractivity contribution is -0.118. The summed E-state index contributed by atoms with van der Waals surface area (Å²) in [4.78, 5) is 29.6. The number of hydrogen-bond acceptors (Lipinski definition) is 6. The van der Waals surface area contributed by atoms with Crippen molar-refractivity contribution in [3.8, 4) is 5.75 Å². The number of esters is 1. The van der Waals surface area contributed by atoms with E-state index in [1.165, 1.54) is 11.8 Å². The molecule has 3 aromatic rings. The molecule has 0 saturated carbocycles. The molecular formula is C22H23N3O4S. The van der Waals surface area contributed by atoms with E-state index in [0.717, 1.165) is 5.56 Å². The second-order valence-corrected chi connectivity index (χ2v) is 7.01. The van der Waals surface area contributed by atoms with E-state index in [1.807, 2.05) is 54.8 Å². The van der Waals surface area contributed by atoms with Gasteiger partial charge in [-0.1, -0.05) is 60.3 Å². The Morgan fingerprint density at radius 2 is 1.73 bits per heavy atom. The number of nitrogens with one attached hydrogen (secondary N) is 1. The smallest absolute Gasteiger partial charge is 0.358 e. The van der Waals surface area contributed by atoms with Crippen molar-refractivity contribution in [2.75, 3.05) is 24.8 Å². The van der Waals surface area contributed by atoms with Gasteiger partial charge < -0.3 is 19.4 Å². The summed E-state index contributed by atoms with van der Waals surface area (Å²) in [6.07, 6.45) is 1.86. The van der Waals surface area contributed by atoms with Crippen LogP contribution in [0.1, 0.15) is 23.0 Å². The van der Waals surface area contributed by atoms with E-state index in [0.29, 0.717) is 17.5 Å². The normalized spacial score (nSPS) is 10.5. The van der Waals surface area contributed by atoms with E-state index >= 15 is 0 Å². The number of para-hydroxylation sites is 1. The largest absolute Gasteiger partial charge is 0.484 e. The zero-order valence-electron chi connectivity index (χ0n) is 16.8. The molecule has 0 fully saturated rings. The fourth-order valence-electron chi connectivity index (χ4n) is 2.83. The third-order valence-electron chi connectivity index (χ3n) is 4.14. The number of thioether (sulfide) groups is 1. The lowest BCUT2D eigenvalue weighted by Crippen LogP contribution is -2.23. The number of benzene rings is 2. The second-order valence-electron chi connectivity index (χ2n) is 6.24. The van der Waals surface area contributed by atoms with Crippen LogP contribution in [0, 0.1) is 0 Å². The van der Waals surface area contributed by atoms with Crippen molar-refractivity contribution in [1.82, 2.24) is 9.55 Å². The maximum absolute atomic E-state index is 12.7. The highest BCUT2D eigenvalue weighted by molar-refractivity contribution is 7.98. The molecule has 0 unspecified atom stereocenters. The number of imidazole rings is 1. The number of carbonyl (C=O) groups is 2. The Hall–Kier alpha value is -3.26. The van der Waals surface area contributed by atoms with E-state index in [1.54, 1.807) is 23.6 Å². The third-order valence-corrected chi connectivity index (χ3v) is 4.82. The number of carbonyl (C=O) groups excluding carboxylic acids is 2. The molecule has 0 aliphatic rings. The number of hydrogen-bond donors (Lipinski definition) is 1. The van der Waals surface area contributed by atoms with Gasteiger partial charge in [-0.15, -0.1) is 0 Å². The van der Waals surface area contributed by atoms with Crippen LogP contribution in [0.4, 0.5) is 5.82 Å². The summed E-state index contributed by atoms with van der Waals surface area (Å²) in [5.41, 5.74) is 1.21. The van der Waals surface area contributed by atoms with Crippen LogP contribution in [-0.2, 0) is 16.1 Å². The van der Waals surface area contributed by atoms with Crippen LogP contribution in [0.3, 0.4) is 0 Å². The molecule has 0 radical (unpaired) electrons. The van der Waals surface area contributed by atoms with Gasteiger partial charge in [-0.25, -0.2) is 9.78 Å². The van der Waals surface area contributed by atoms with E-state index in [9.17, 15) is 9.59 Å². The van der Waals surface area contributed by atoms with Gasteiger partial charge in [0.15, 0.2) is 23.3 Å². The minimum absolute atomic E-state index is 0.162. The molecule has 7 nitrogen and oxygen atoms in total. The van der Waals surface area contributed by atoms with Gasteiger partial charge in [0.2, 0.25) is 0 Å². The first-order valence-electron chi connectivity index (χ1n) is 9.45. The van der Waals surface area contributed by atoms with Crippen molar-refractivity contribution in [3.63, 3.8) is 0 Å². The van der Waals surface area contributed by atoms with Crippen molar-refractivity contribution in [1.29, 1.82) is 0 Å². The monoisotopic (exact) mass is 425 g/mol. The summed E-state index contributed by atoms with van der Waals surface area (Å²) in [6, 6.07) is 18.7. The maximum Gasteiger partial charge on any atom is 0.358 e. The number of ether oxygens (including phenoxy) is 2. The molecule has 0 saturated heterocycles. The number of rotatable bonds is 9. The molecule has 30 heavy (non-hydrogen) atoms. The van der Waals surface area contributed by atoms with Crippen molar-refractivity contribution < 1.29 is 19.1 Å². The minimum Gasteiger partial charge on any atom is -0.484 e. The fraction of sp³-hybridized carbons (Fsp3) is 0.227. The molecule has 0 bridgehead atoms. The lowest BCUT2D eigenvalue weighted by Gasteiger charge is -2.11. The quantitative estimate of drug-likeness (QED) is 0.414. The van der Waals surface area contributed by atoms with Crippen LogP contribution < -0.4 is 10.1 Å². The number of anilines is 1. The van der Waals surface area contributed by atoms with Gasteiger partial charge in [-0.3, -0.25) is 4.79 Å². The van der Waals surface area contributed by atoms with Gasteiger partial charge in [0.1, 0.15) is 5.75 Å². The van der Waals surface area contributed by atoms with Crippen LogP contribution in [0.2, 0.25) is 0 Å². The summed E-state index contributed by atoms with van der Waals surface area (Å²) in [5.74, 6) is -0.213. The number of nitrogens with zero attached hydrogens (tertiary/aromatic N) is 2. The Bertz CT molecular complexity index is 990. The standard InChI is InChI=1S/C22H23N3O4S/c1-3-28-21(27)19-20(23-18(26)15-29-17-12-8-5-9-13-17)24-22(30-2)25(19)14-16-10-6-4-7-11-16/h4-13H,3,14-15H2,1-2H3,(H,23,26). The molecule has 1 amide bonds. The molecule has 0 spiro atoms. The van der Waals surface area contributed by atoms with Crippen LogP contribution in [0.15, 0.2) is 65.8 Å². The Balaban J connectivity index is 1.85. The Morgan fingerprint density at radius 1 is 1.07 bits per heavy atom. The summed E-state index contributed by atoms with van der Waals surface area (Å²) in [6.45, 7) is 2.17. The molecule has 0 aliphatic heterocycles. The Labute approximate surface area is 179 Å². The average molecular weight is 426 g/mol. The zero-order valence-corrected chi connectivity index (χ0v) is 17.6. The Morgan fingerprint density at radius 3 is 2.37 bits per heavy atom. The lowest BCUT2D eigenvalue weighted by atomic mass is 10.2. The van der Waals surface area contributed by atoms with Gasteiger partial charge in [0.25, 0.3) is 5.91 Å². The van der Waals surface area contributed by atoms with Crippen LogP contribution in [0.5, 0.6) is 5.75 Å². The van der Waals surface area contributed by atoms with Gasteiger partial charge >= 0.3 is 5.97 Å². The molecule has 1 N–H and O–H groups in total. The molecule has 0 aliphatic carbocycles. The minimum atomic E-state index is -0.541. The van der Waals surface area contributed by atoms with Crippen molar-refractivity contribution in [3.05, 3.63) is 71.9 Å². The molecule has 0 atom stereocenters. The number of amides is 1. The van der Waals surface area contributed by atoms with Crippen molar-refractivity contribution in [2.45, 2.75) is 18.6 Å². The average Bonchev–Trinajstić information content (AvgIpc) is 3.10. The van der Waals surface area contributed by atoms with Crippen LogP contribution >= 0.6 is 11.8 Å². The summed E-state index contributed by atoms with van der Waals surface area (Å²) in [5, 5.41) is 3.29. The molecule has 1 heterocycles. The summed E-state index contributed by atoms with van der Waals surface area (Å²) in [7, 11) is 0. The maximum atomic E-state index is 12.7. The molecule has 3 rings (SSSR count). The first kappa shape index (κ1) is 21.4. The Kier molecular flexibility index (Phi) is 7.51. The second kappa shape index (κ2) is 10.5. The summed E-state index contributed by atoms with van der Waals surface area (Å²) < 4.78 is 12.5. The first-order chi connectivity index (χ1) is 14.6. The zero-order chi connectivity index (χ0) is 21.3. The highest BCUT2D eigenvalue weighted by atomic mass is 32.2. The van der Waals surface area contributed by atoms with Gasteiger partial charge in [0, 0.05) is 0 Å².